The fourth-order valence-corrected chi connectivity index (χ4v) is 4.83. The molecule has 152 valence electrons. The molecule has 3 heterocycles. The Kier molecular flexibility index (Phi) is 5.24. The Morgan fingerprint density at radius 2 is 1.82 bits per heavy atom. The van der Waals surface area contributed by atoms with Crippen molar-refractivity contribution in [3.63, 3.8) is 0 Å². The van der Waals surface area contributed by atoms with E-state index in [0.717, 1.165) is 57.5 Å². The molecule has 0 bridgehead atoms. The first-order chi connectivity index (χ1) is 13.7. The van der Waals surface area contributed by atoms with Crippen molar-refractivity contribution >= 4 is 11.7 Å². The number of rotatable bonds is 5. The van der Waals surface area contributed by atoms with Gasteiger partial charge < -0.3 is 10.2 Å². The van der Waals surface area contributed by atoms with Gasteiger partial charge in [-0.3, -0.25) is 14.6 Å². The topological polar surface area (TPSA) is 51.7 Å². The first-order valence-electron chi connectivity index (χ1n) is 11.2. The molecule has 3 fully saturated rings. The highest BCUT2D eigenvalue weighted by atomic mass is 16.2. The zero-order valence-corrected chi connectivity index (χ0v) is 16.9. The van der Waals surface area contributed by atoms with Crippen molar-refractivity contribution in [2.75, 3.05) is 44.6 Å². The molecule has 6 heteroatoms. The van der Waals surface area contributed by atoms with Crippen molar-refractivity contribution in [2.24, 2.45) is 0 Å². The number of hydrogen-bond donors (Lipinski definition) is 1. The summed E-state index contributed by atoms with van der Waals surface area (Å²) >= 11 is 0. The Morgan fingerprint density at radius 1 is 1.04 bits per heavy atom. The van der Waals surface area contributed by atoms with E-state index in [2.05, 4.69) is 32.1 Å². The van der Waals surface area contributed by atoms with Crippen molar-refractivity contribution in [1.29, 1.82) is 0 Å². The third-order valence-electron chi connectivity index (χ3n) is 7.20. The van der Waals surface area contributed by atoms with E-state index in [1.54, 1.807) is 0 Å². The van der Waals surface area contributed by atoms with Gasteiger partial charge in [-0.1, -0.05) is 12.5 Å². The predicted octanol–water partition coefficient (Wildman–Crippen LogP) is 2.10. The van der Waals surface area contributed by atoms with Crippen LogP contribution in [0, 0.1) is 0 Å². The van der Waals surface area contributed by atoms with Gasteiger partial charge in [0.25, 0.3) is 0 Å². The second-order valence-electron chi connectivity index (χ2n) is 9.04. The van der Waals surface area contributed by atoms with Gasteiger partial charge in [0.05, 0.1) is 6.54 Å². The number of carbonyl (C=O) groups is 1. The van der Waals surface area contributed by atoms with E-state index < -0.39 is 0 Å². The first-order valence-corrected chi connectivity index (χ1v) is 11.2. The number of nitrogens with zero attached hydrogens (tertiary/aromatic N) is 4. The minimum absolute atomic E-state index is 0.299. The number of pyridine rings is 1. The highest BCUT2D eigenvalue weighted by Crippen LogP contribution is 2.26. The highest BCUT2D eigenvalue weighted by molar-refractivity contribution is 5.78. The summed E-state index contributed by atoms with van der Waals surface area (Å²) in [4.78, 5) is 24.6. The molecule has 1 saturated heterocycles. The molecule has 0 spiro atoms. The summed E-state index contributed by atoms with van der Waals surface area (Å²) in [7, 11) is 0. The normalized spacial score (nSPS) is 24.4. The van der Waals surface area contributed by atoms with E-state index in [1.807, 2.05) is 0 Å². The molecule has 1 aromatic rings. The quantitative estimate of drug-likeness (QED) is 0.844. The average Bonchev–Trinajstić information content (AvgIpc) is 2.64. The molecule has 2 aliphatic heterocycles. The molecule has 1 N–H and O–H groups in total. The molecular weight excluding hydrogens is 350 g/mol. The summed E-state index contributed by atoms with van der Waals surface area (Å²) in [5.74, 6) is 1.32. The van der Waals surface area contributed by atoms with Gasteiger partial charge in [-0.15, -0.1) is 0 Å². The van der Waals surface area contributed by atoms with E-state index >= 15 is 0 Å². The lowest BCUT2D eigenvalue weighted by Crippen LogP contribution is -2.55. The summed E-state index contributed by atoms with van der Waals surface area (Å²) in [5.41, 5.74) is 2.50. The maximum Gasteiger partial charge on any atom is 0.236 e. The minimum Gasteiger partial charge on any atom is -0.367 e. The van der Waals surface area contributed by atoms with Crippen LogP contribution in [-0.2, 0) is 17.8 Å². The van der Waals surface area contributed by atoms with Crippen LogP contribution in [0.15, 0.2) is 12.1 Å². The van der Waals surface area contributed by atoms with Gasteiger partial charge in [0, 0.05) is 63.5 Å². The maximum atomic E-state index is 12.8. The maximum absolute atomic E-state index is 12.8. The van der Waals surface area contributed by atoms with Gasteiger partial charge in [0.1, 0.15) is 5.82 Å². The summed E-state index contributed by atoms with van der Waals surface area (Å²) < 4.78 is 0. The number of amides is 1. The van der Waals surface area contributed by atoms with Gasteiger partial charge in [-0.05, 0) is 43.7 Å². The van der Waals surface area contributed by atoms with E-state index in [9.17, 15) is 4.79 Å². The van der Waals surface area contributed by atoms with E-state index in [1.165, 1.54) is 49.8 Å². The van der Waals surface area contributed by atoms with Crippen LogP contribution in [0.1, 0.15) is 49.8 Å². The molecule has 2 aliphatic carbocycles. The smallest absolute Gasteiger partial charge is 0.236 e. The van der Waals surface area contributed by atoms with Crippen molar-refractivity contribution in [2.45, 2.75) is 63.6 Å². The van der Waals surface area contributed by atoms with Crippen LogP contribution in [0.25, 0.3) is 0 Å². The Bertz CT molecular complexity index is 707. The van der Waals surface area contributed by atoms with Crippen LogP contribution in [0.2, 0.25) is 0 Å². The zero-order valence-electron chi connectivity index (χ0n) is 16.9. The van der Waals surface area contributed by atoms with Crippen molar-refractivity contribution in [3.05, 3.63) is 23.4 Å². The molecule has 0 aromatic carbocycles. The van der Waals surface area contributed by atoms with E-state index in [-0.39, 0.29) is 0 Å². The monoisotopic (exact) mass is 383 g/mol. The van der Waals surface area contributed by atoms with Crippen molar-refractivity contribution in [3.8, 4) is 0 Å². The molecule has 1 amide bonds. The number of fused-ring (bicyclic) bond motifs is 1. The molecule has 28 heavy (non-hydrogen) atoms. The molecule has 0 unspecified atom stereocenters. The van der Waals surface area contributed by atoms with Crippen LogP contribution in [0.4, 0.5) is 5.82 Å². The molecular formula is C22H33N5O. The number of hydrogen-bond acceptors (Lipinski definition) is 5. The Hall–Kier alpha value is -1.66. The minimum atomic E-state index is 0.299. The fourth-order valence-electron chi connectivity index (χ4n) is 4.83. The predicted molar refractivity (Wildman–Crippen MR) is 110 cm³/mol. The first kappa shape index (κ1) is 18.4. The molecule has 2 saturated carbocycles. The van der Waals surface area contributed by atoms with Crippen molar-refractivity contribution in [1.82, 2.24) is 19.7 Å². The number of aromatic nitrogens is 1. The third-order valence-corrected chi connectivity index (χ3v) is 7.20. The Morgan fingerprint density at radius 3 is 2.50 bits per heavy atom. The molecule has 0 atom stereocenters. The van der Waals surface area contributed by atoms with Gasteiger partial charge >= 0.3 is 0 Å². The van der Waals surface area contributed by atoms with E-state index in [4.69, 9.17) is 4.98 Å². The average molecular weight is 384 g/mol. The second-order valence-corrected chi connectivity index (χ2v) is 9.04. The third kappa shape index (κ3) is 3.90. The number of anilines is 1. The lowest BCUT2D eigenvalue weighted by Gasteiger charge is -2.43. The fraction of sp³-hybridized carbons (Fsp3) is 0.727. The number of nitrogens with one attached hydrogen (secondary N) is 1. The van der Waals surface area contributed by atoms with Crippen LogP contribution in [0.3, 0.4) is 0 Å². The van der Waals surface area contributed by atoms with Crippen LogP contribution >= 0.6 is 0 Å². The summed E-state index contributed by atoms with van der Waals surface area (Å²) in [6, 6.07) is 5.74. The van der Waals surface area contributed by atoms with Gasteiger partial charge in [-0.2, -0.15) is 0 Å². The molecule has 1 aromatic heterocycles. The van der Waals surface area contributed by atoms with Crippen LogP contribution in [-0.4, -0.2) is 76.9 Å². The number of piperazine rings is 1. The van der Waals surface area contributed by atoms with Gasteiger partial charge in [0.15, 0.2) is 0 Å². The lowest BCUT2D eigenvalue weighted by molar-refractivity contribution is -0.135. The summed E-state index contributed by atoms with van der Waals surface area (Å²) in [5, 5.41) is 3.55. The zero-order chi connectivity index (χ0) is 18.9. The Balaban J connectivity index is 1.11. The van der Waals surface area contributed by atoms with Crippen LogP contribution in [0.5, 0.6) is 0 Å². The largest absolute Gasteiger partial charge is 0.367 e. The van der Waals surface area contributed by atoms with Crippen molar-refractivity contribution < 1.29 is 4.79 Å². The second kappa shape index (κ2) is 7.99. The SMILES string of the molecule is O=C(CN1CCc2nc(NC3CCC3)ccc2C1)N1CCN(C2CCC2)CC1. The van der Waals surface area contributed by atoms with Gasteiger partial charge in [0.2, 0.25) is 5.91 Å². The molecule has 5 rings (SSSR count). The standard InChI is InChI=1S/C22H33N5O/c28-22(27-13-11-26(12-14-27)19-5-2-6-19)16-25-10-9-20-17(15-25)7-8-21(24-20)23-18-3-1-4-18/h7-8,18-19H,1-6,9-16H2,(H,23,24). The molecule has 6 nitrogen and oxygen atoms in total. The van der Waals surface area contributed by atoms with E-state index in [0.29, 0.717) is 18.5 Å². The molecule has 4 aliphatic rings. The summed E-state index contributed by atoms with van der Waals surface area (Å²) in [6.45, 7) is 6.24. The highest BCUT2D eigenvalue weighted by Gasteiger charge is 2.30. The number of carbonyl (C=O) groups excluding carboxylic acids is 1. The summed E-state index contributed by atoms with van der Waals surface area (Å²) in [6.07, 6.45) is 8.90. The van der Waals surface area contributed by atoms with Gasteiger partial charge in [-0.25, -0.2) is 4.98 Å². The molecule has 0 radical (unpaired) electrons. The van der Waals surface area contributed by atoms with Crippen LogP contribution < -0.4 is 5.32 Å². The Labute approximate surface area is 168 Å². The lowest BCUT2D eigenvalue weighted by atomic mass is 9.91.